The highest BCUT2D eigenvalue weighted by Crippen LogP contribution is 2.33. The molecule has 1 saturated carbocycles. The molecule has 8 heteroatoms. The highest BCUT2D eigenvalue weighted by molar-refractivity contribution is 7.99. The number of nitrogens with zero attached hydrogens (tertiary/aromatic N) is 3. The monoisotopic (exact) mass is 459 g/mol. The molecule has 0 spiro atoms. The summed E-state index contributed by atoms with van der Waals surface area (Å²) in [6.07, 6.45) is 8.71. The number of hydrogen-bond acceptors (Lipinski definition) is 6. The number of carbonyl (C=O) groups excluding carboxylic acids is 1. The third-order valence-corrected chi connectivity index (χ3v) is 9.03. The number of thioether (sulfide) groups is 1. The van der Waals surface area contributed by atoms with E-state index in [1.807, 2.05) is 16.7 Å². The summed E-state index contributed by atoms with van der Waals surface area (Å²) in [6.45, 7) is 4.28. The smallest absolute Gasteiger partial charge is 0.191 e. The Labute approximate surface area is 188 Å². The fourth-order valence-corrected chi connectivity index (χ4v) is 7.19. The van der Waals surface area contributed by atoms with Gasteiger partial charge in [-0.1, -0.05) is 61.4 Å². The van der Waals surface area contributed by atoms with E-state index < -0.39 is 9.84 Å². The molecule has 0 N–H and O–H groups in total. The lowest BCUT2D eigenvalue weighted by molar-refractivity contribution is 0.102. The lowest BCUT2D eigenvalue weighted by Crippen LogP contribution is -2.12. The van der Waals surface area contributed by atoms with Crippen LogP contribution in [0.15, 0.2) is 42.1 Å². The predicted octanol–water partition coefficient (Wildman–Crippen LogP) is 4.39. The second-order valence-electron chi connectivity index (χ2n) is 8.51. The molecule has 1 aromatic heterocycles. The van der Waals surface area contributed by atoms with E-state index in [1.54, 1.807) is 6.08 Å². The summed E-state index contributed by atoms with van der Waals surface area (Å²) in [6, 6.07) is 8.09. The van der Waals surface area contributed by atoms with E-state index in [0.29, 0.717) is 35.4 Å². The third kappa shape index (κ3) is 5.29. The van der Waals surface area contributed by atoms with E-state index in [4.69, 9.17) is 0 Å². The first-order valence-electron chi connectivity index (χ1n) is 11.0. The van der Waals surface area contributed by atoms with E-state index in [1.165, 1.54) is 49.4 Å². The number of allylic oxidation sites excluding steroid dienone is 1. The Kier molecular flexibility index (Phi) is 6.96. The van der Waals surface area contributed by atoms with Crippen molar-refractivity contribution in [1.29, 1.82) is 0 Å². The van der Waals surface area contributed by atoms with Crippen molar-refractivity contribution in [1.82, 2.24) is 14.8 Å². The van der Waals surface area contributed by atoms with E-state index >= 15 is 0 Å². The van der Waals surface area contributed by atoms with Crippen molar-refractivity contribution in [3.05, 3.63) is 53.9 Å². The predicted molar refractivity (Wildman–Crippen MR) is 124 cm³/mol. The summed E-state index contributed by atoms with van der Waals surface area (Å²) in [5.41, 5.74) is 2.05. The van der Waals surface area contributed by atoms with Crippen molar-refractivity contribution in [2.45, 2.75) is 62.1 Å². The summed E-state index contributed by atoms with van der Waals surface area (Å²) < 4.78 is 25.6. The van der Waals surface area contributed by atoms with E-state index in [-0.39, 0.29) is 29.0 Å². The molecule has 31 heavy (non-hydrogen) atoms. The maximum atomic E-state index is 12.7. The summed E-state index contributed by atoms with van der Waals surface area (Å²) in [5, 5.41) is 9.14. The molecule has 1 aromatic carbocycles. The van der Waals surface area contributed by atoms with E-state index in [0.717, 1.165) is 0 Å². The van der Waals surface area contributed by atoms with Crippen LogP contribution in [0.5, 0.6) is 0 Å². The second kappa shape index (κ2) is 9.69. The molecule has 2 aliphatic rings. The van der Waals surface area contributed by atoms with Gasteiger partial charge in [-0.05, 0) is 30.7 Å². The highest BCUT2D eigenvalue weighted by atomic mass is 32.2. The van der Waals surface area contributed by atoms with Crippen LogP contribution in [0.3, 0.4) is 0 Å². The molecule has 1 aliphatic heterocycles. The van der Waals surface area contributed by atoms with Crippen molar-refractivity contribution < 1.29 is 13.2 Å². The Morgan fingerprint density at radius 2 is 1.84 bits per heavy atom. The minimum atomic E-state index is -3.01. The molecule has 0 amide bonds. The summed E-state index contributed by atoms with van der Waals surface area (Å²) >= 11 is 1.34. The number of ketones is 1. The molecular formula is C23H29N3O3S2. The number of Topliss-reactive ketones (excluding diaryl/α,β-unsaturated/α-hetero) is 1. The molecule has 2 aromatic rings. The summed E-state index contributed by atoms with van der Waals surface area (Å²) in [7, 11) is -3.01. The fourth-order valence-electron chi connectivity index (χ4n) is 4.60. The Balaban J connectivity index is 1.41. The van der Waals surface area contributed by atoms with Crippen molar-refractivity contribution in [3.8, 4) is 0 Å². The van der Waals surface area contributed by atoms with Crippen LogP contribution in [0.25, 0.3) is 0 Å². The number of carbonyl (C=O) groups is 1. The van der Waals surface area contributed by atoms with Crippen molar-refractivity contribution >= 4 is 27.4 Å². The molecule has 1 aliphatic carbocycles. The minimum Gasteiger partial charge on any atom is -0.302 e. The van der Waals surface area contributed by atoms with Gasteiger partial charge in [-0.15, -0.1) is 16.8 Å². The van der Waals surface area contributed by atoms with Crippen molar-refractivity contribution in [3.63, 3.8) is 0 Å². The molecular weight excluding hydrogens is 430 g/mol. The first kappa shape index (κ1) is 22.3. The molecule has 6 nitrogen and oxygen atoms in total. The quantitative estimate of drug-likeness (QED) is 0.331. The van der Waals surface area contributed by atoms with Crippen LogP contribution in [0.4, 0.5) is 0 Å². The van der Waals surface area contributed by atoms with Gasteiger partial charge in [0.25, 0.3) is 0 Å². The van der Waals surface area contributed by atoms with Crippen LogP contribution in [-0.2, 0) is 16.4 Å². The maximum Gasteiger partial charge on any atom is 0.191 e. The maximum absolute atomic E-state index is 12.7. The van der Waals surface area contributed by atoms with Gasteiger partial charge in [0.1, 0.15) is 5.82 Å². The summed E-state index contributed by atoms with van der Waals surface area (Å²) in [5.74, 6) is 1.78. The molecule has 0 radical (unpaired) electrons. The zero-order valence-electron chi connectivity index (χ0n) is 17.7. The molecule has 0 unspecified atom stereocenters. The van der Waals surface area contributed by atoms with E-state index in [2.05, 4.69) is 28.9 Å². The van der Waals surface area contributed by atoms with Gasteiger partial charge in [-0.25, -0.2) is 8.42 Å². The number of rotatable bonds is 8. The molecule has 166 valence electrons. The average molecular weight is 460 g/mol. The third-order valence-electron chi connectivity index (χ3n) is 6.30. The van der Waals surface area contributed by atoms with Gasteiger partial charge in [0, 0.05) is 18.0 Å². The number of benzene rings is 1. The average Bonchev–Trinajstić information content (AvgIpc) is 3.35. The van der Waals surface area contributed by atoms with Crippen molar-refractivity contribution in [2.24, 2.45) is 0 Å². The Morgan fingerprint density at radius 1 is 1.10 bits per heavy atom. The molecule has 0 bridgehead atoms. The standard InChI is InChI=1S/C23H29N3O3S2/c1-2-13-26-22(20-12-14-31(28,29)16-20)24-25-23(26)30-15-21(27)19-10-8-18(9-11-19)17-6-4-3-5-7-17/h2,8-11,17,20H,1,3-7,12-16H2/t20-/m1/s1. The minimum absolute atomic E-state index is 0.0540. The van der Waals surface area contributed by atoms with Gasteiger partial charge in [-0.2, -0.15) is 0 Å². The fraction of sp³-hybridized carbons (Fsp3) is 0.522. The lowest BCUT2D eigenvalue weighted by atomic mass is 9.84. The van der Waals surface area contributed by atoms with Crippen LogP contribution >= 0.6 is 11.8 Å². The normalized spacial score (nSPS) is 21.2. The lowest BCUT2D eigenvalue weighted by Gasteiger charge is -2.22. The molecule has 4 rings (SSSR count). The Bertz CT molecular complexity index is 1040. The van der Waals surface area contributed by atoms with E-state index in [9.17, 15) is 13.2 Å². The molecule has 1 atom stereocenters. The first-order valence-corrected chi connectivity index (χ1v) is 13.8. The van der Waals surface area contributed by atoms with Crippen LogP contribution < -0.4 is 0 Å². The van der Waals surface area contributed by atoms with Gasteiger partial charge in [-0.3, -0.25) is 4.79 Å². The molecule has 2 heterocycles. The Hall–Kier alpha value is -1.93. The topological polar surface area (TPSA) is 81.9 Å². The zero-order chi connectivity index (χ0) is 21.8. The van der Waals surface area contributed by atoms with Crippen LogP contribution in [0, 0.1) is 0 Å². The molecule has 1 saturated heterocycles. The van der Waals surface area contributed by atoms with Crippen LogP contribution in [-0.4, -0.2) is 46.2 Å². The molecule has 2 fully saturated rings. The number of sulfone groups is 1. The highest BCUT2D eigenvalue weighted by Gasteiger charge is 2.33. The van der Waals surface area contributed by atoms with Crippen LogP contribution in [0.1, 0.15) is 72.1 Å². The Morgan fingerprint density at radius 3 is 2.48 bits per heavy atom. The van der Waals surface area contributed by atoms with Crippen molar-refractivity contribution in [2.75, 3.05) is 17.3 Å². The zero-order valence-corrected chi connectivity index (χ0v) is 19.3. The van der Waals surface area contributed by atoms with Gasteiger partial charge >= 0.3 is 0 Å². The van der Waals surface area contributed by atoms with Gasteiger partial charge in [0.2, 0.25) is 0 Å². The largest absolute Gasteiger partial charge is 0.302 e. The number of hydrogen-bond donors (Lipinski definition) is 0. The van der Waals surface area contributed by atoms with Crippen LogP contribution in [0.2, 0.25) is 0 Å². The first-order chi connectivity index (χ1) is 15.0. The SMILES string of the molecule is C=CCn1c(SCC(=O)c2ccc(C3CCCCC3)cc2)nnc1[C@@H]1CCS(=O)(=O)C1. The van der Waals surface area contributed by atoms with Gasteiger partial charge in [0.15, 0.2) is 20.8 Å². The van der Waals surface area contributed by atoms with Gasteiger partial charge in [0.05, 0.1) is 17.3 Å². The number of aromatic nitrogens is 3. The summed E-state index contributed by atoms with van der Waals surface area (Å²) in [4.78, 5) is 12.7. The van der Waals surface area contributed by atoms with Gasteiger partial charge < -0.3 is 4.57 Å². The second-order valence-corrected chi connectivity index (χ2v) is 11.7.